The standard InChI is InChI=1S/C23H29N3O4S/c1-14-6-7-15(29-14)8-25-10-19-16(11-27)17-9-26(13-23(17,12-25)30-19)22(28)21-24-18-4-2-3-5-20(18)31-21/h6-7,16-17,19,27H,2-5,8-13H2,1H3/t16-,17+,19+,23+/m0/s1. The van der Waals surface area contributed by atoms with Crippen molar-refractivity contribution >= 4 is 17.2 Å². The summed E-state index contributed by atoms with van der Waals surface area (Å²) in [6.07, 6.45) is 4.40. The molecule has 0 radical (unpaired) electrons. The van der Waals surface area contributed by atoms with Gasteiger partial charge in [0.2, 0.25) is 0 Å². The molecule has 1 aliphatic carbocycles. The first-order valence-corrected chi connectivity index (χ1v) is 12.2. The number of morpholine rings is 1. The van der Waals surface area contributed by atoms with Gasteiger partial charge in [-0.05, 0) is 44.7 Å². The highest BCUT2D eigenvalue weighted by Gasteiger charge is 2.63. The summed E-state index contributed by atoms with van der Waals surface area (Å²) in [4.78, 5) is 23.6. The number of amides is 1. The van der Waals surface area contributed by atoms with Gasteiger partial charge in [-0.15, -0.1) is 11.3 Å². The van der Waals surface area contributed by atoms with Crippen LogP contribution in [0.25, 0.3) is 0 Å². The van der Waals surface area contributed by atoms with E-state index in [0.29, 0.717) is 18.1 Å². The number of rotatable bonds is 4. The van der Waals surface area contributed by atoms with Crippen LogP contribution in [0.15, 0.2) is 16.5 Å². The number of aliphatic hydroxyl groups excluding tert-OH is 1. The number of aromatic nitrogens is 1. The lowest BCUT2D eigenvalue weighted by Gasteiger charge is -2.40. The summed E-state index contributed by atoms with van der Waals surface area (Å²) in [7, 11) is 0. The van der Waals surface area contributed by atoms with Gasteiger partial charge in [0.25, 0.3) is 5.91 Å². The van der Waals surface area contributed by atoms with Crippen LogP contribution < -0.4 is 0 Å². The van der Waals surface area contributed by atoms with Crippen molar-refractivity contribution in [3.63, 3.8) is 0 Å². The molecule has 31 heavy (non-hydrogen) atoms. The summed E-state index contributed by atoms with van der Waals surface area (Å²) in [5, 5.41) is 10.8. The number of hydrogen-bond donors (Lipinski definition) is 1. The van der Waals surface area contributed by atoms with Gasteiger partial charge in [-0.25, -0.2) is 4.98 Å². The average molecular weight is 444 g/mol. The van der Waals surface area contributed by atoms with Crippen LogP contribution in [0.2, 0.25) is 0 Å². The summed E-state index contributed by atoms with van der Waals surface area (Å²) in [6, 6.07) is 4.02. The van der Waals surface area contributed by atoms with Crippen LogP contribution in [0.4, 0.5) is 0 Å². The topological polar surface area (TPSA) is 79.0 Å². The molecule has 0 saturated carbocycles. The van der Waals surface area contributed by atoms with Crippen LogP contribution in [-0.2, 0) is 24.1 Å². The summed E-state index contributed by atoms with van der Waals surface area (Å²) in [5.41, 5.74) is 0.712. The Morgan fingerprint density at radius 3 is 2.94 bits per heavy atom. The molecule has 2 aromatic rings. The van der Waals surface area contributed by atoms with Crippen LogP contribution in [0.3, 0.4) is 0 Å². The molecule has 3 aliphatic heterocycles. The van der Waals surface area contributed by atoms with Gasteiger partial charge in [0.15, 0.2) is 5.01 Å². The van der Waals surface area contributed by atoms with E-state index in [1.54, 1.807) is 11.3 Å². The van der Waals surface area contributed by atoms with Crippen molar-refractivity contribution in [1.29, 1.82) is 0 Å². The average Bonchev–Trinajstić information content (AvgIpc) is 3.48. The molecule has 6 rings (SSSR count). The van der Waals surface area contributed by atoms with Gasteiger partial charge in [0.05, 0.1) is 24.9 Å². The maximum absolute atomic E-state index is 13.4. The number of carbonyl (C=O) groups excluding carboxylic acids is 1. The number of hydrogen-bond acceptors (Lipinski definition) is 7. The Morgan fingerprint density at radius 2 is 2.16 bits per heavy atom. The largest absolute Gasteiger partial charge is 0.465 e. The molecular formula is C23H29N3O4S. The fourth-order valence-electron chi connectivity index (χ4n) is 6.17. The molecule has 2 aromatic heterocycles. The minimum atomic E-state index is -0.412. The van der Waals surface area contributed by atoms with Crippen molar-refractivity contribution in [2.24, 2.45) is 11.8 Å². The predicted molar refractivity (Wildman–Crippen MR) is 115 cm³/mol. The summed E-state index contributed by atoms with van der Waals surface area (Å²) >= 11 is 1.58. The van der Waals surface area contributed by atoms with E-state index in [4.69, 9.17) is 14.1 Å². The third kappa shape index (κ3) is 3.26. The lowest BCUT2D eigenvalue weighted by Crippen LogP contribution is -2.54. The Kier molecular flexibility index (Phi) is 4.75. The maximum atomic E-state index is 13.4. The zero-order chi connectivity index (χ0) is 21.2. The van der Waals surface area contributed by atoms with Crippen LogP contribution in [0.1, 0.15) is 44.7 Å². The zero-order valence-electron chi connectivity index (χ0n) is 17.9. The molecule has 1 spiro atoms. The van der Waals surface area contributed by atoms with E-state index < -0.39 is 5.60 Å². The van der Waals surface area contributed by atoms with Crippen molar-refractivity contribution < 1.29 is 19.1 Å². The van der Waals surface area contributed by atoms with E-state index >= 15 is 0 Å². The van der Waals surface area contributed by atoms with Crippen LogP contribution >= 0.6 is 11.3 Å². The number of nitrogens with zero attached hydrogens (tertiary/aromatic N) is 3. The fourth-order valence-corrected chi connectivity index (χ4v) is 7.29. The molecular weight excluding hydrogens is 414 g/mol. The number of aliphatic hydroxyl groups is 1. The van der Waals surface area contributed by atoms with Crippen molar-refractivity contribution in [2.45, 2.75) is 50.9 Å². The minimum Gasteiger partial charge on any atom is -0.465 e. The van der Waals surface area contributed by atoms with Gasteiger partial charge >= 0.3 is 0 Å². The molecule has 3 saturated heterocycles. The predicted octanol–water partition coefficient (Wildman–Crippen LogP) is 2.26. The van der Waals surface area contributed by atoms with E-state index in [1.165, 1.54) is 11.3 Å². The number of ether oxygens (including phenoxy) is 1. The van der Waals surface area contributed by atoms with Gasteiger partial charge in [-0.2, -0.15) is 0 Å². The summed E-state index contributed by atoms with van der Waals surface area (Å²) in [6.45, 7) is 5.53. The molecule has 0 unspecified atom stereocenters. The van der Waals surface area contributed by atoms with E-state index in [-0.39, 0.29) is 30.5 Å². The summed E-state index contributed by atoms with van der Waals surface area (Å²) in [5.74, 6) is 2.11. The molecule has 7 nitrogen and oxygen atoms in total. The molecule has 8 heteroatoms. The van der Waals surface area contributed by atoms with Crippen LogP contribution in [0.5, 0.6) is 0 Å². The highest BCUT2D eigenvalue weighted by Crippen LogP contribution is 2.49. The van der Waals surface area contributed by atoms with Gasteiger partial charge in [0.1, 0.15) is 17.1 Å². The van der Waals surface area contributed by atoms with Crippen molar-refractivity contribution in [1.82, 2.24) is 14.8 Å². The lowest BCUT2D eigenvalue weighted by atomic mass is 9.83. The maximum Gasteiger partial charge on any atom is 0.282 e. The van der Waals surface area contributed by atoms with Crippen molar-refractivity contribution in [2.75, 3.05) is 32.8 Å². The second kappa shape index (κ2) is 7.40. The number of likely N-dealkylation sites (tertiary alicyclic amines) is 2. The van der Waals surface area contributed by atoms with E-state index in [1.807, 2.05) is 24.0 Å². The van der Waals surface area contributed by atoms with Crippen LogP contribution in [-0.4, -0.2) is 70.3 Å². The van der Waals surface area contributed by atoms with Gasteiger partial charge in [-0.1, -0.05) is 0 Å². The molecule has 5 heterocycles. The van der Waals surface area contributed by atoms with E-state index in [2.05, 4.69) is 4.90 Å². The second-order valence-electron chi connectivity index (χ2n) is 9.64. The molecule has 4 aliphatic rings. The molecule has 1 N–H and O–H groups in total. The Labute approximate surface area is 186 Å². The quantitative estimate of drug-likeness (QED) is 0.781. The number of thiazole rings is 1. The highest BCUT2D eigenvalue weighted by molar-refractivity contribution is 7.13. The van der Waals surface area contributed by atoms with Crippen LogP contribution in [0, 0.1) is 18.8 Å². The SMILES string of the molecule is Cc1ccc(CN2C[C@H]3O[C@]4(C2)CN(C(=O)c2nc5c(s2)CCCC5)C[C@@H]4[C@@H]3CO)o1. The second-order valence-corrected chi connectivity index (χ2v) is 10.7. The lowest BCUT2D eigenvalue weighted by molar-refractivity contribution is -0.119. The highest BCUT2D eigenvalue weighted by atomic mass is 32.1. The number of fused-ring (bicyclic) bond motifs is 2. The zero-order valence-corrected chi connectivity index (χ0v) is 18.7. The van der Waals surface area contributed by atoms with E-state index in [9.17, 15) is 9.90 Å². The van der Waals surface area contributed by atoms with Crippen molar-refractivity contribution in [3.05, 3.63) is 39.2 Å². The summed E-state index contributed by atoms with van der Waals surface area (Å²) < 4.78 is 12.3. The first kappa shape index (κ1) is 19.9. The van der Waals surface area contributed by atoms with Crippen molar-refractivity contribution in [3.8, 4) is 0 Å². The third-order valence-corrected chi connectivity index (χ3v) is 8.71. The smallest absolute Gasteiger partial charge is 0.282 e. The Hall–Kier alpha value is -1.74. The Bertz CT molecular complexity index is 979. The molecule has 166 valence electrons. The van der Waals surface area contributed by atoms with Gasteiger partial charge < -0.3 is 19.2 Å². The molecule has 4 atom stereocenters. The Balaban J connectivity index is 1.23. The normalized spacial score (nSPS) is 32.3. The fraction of sp³-hybridized carbons (Fsp3) is 0.652. The first-order chi connectivity index (χ1) is 15.0. The molecule has 2 bridgehead atoms. The number of aryl methyl sites for hydroxylation is 3. The van der Waals surface area contributed by atoms with Gasteiger partial charge in [-0.3, -0.25) is 9.69 Å². The van der Waals surface area contributed by atoms with Gasteiger partial charge in [0, 0.05) is 43.0 Å². The number of furan rings is 1. The Morgan fingerprint density at radius 1 is 1.29 bits per heavy atom. The monoisotopic (exact) mass is 443 g/mol. The number of carbonyl (C=O) groups is 1. The minimum absolute atomic E-state index is 0.00392. The third-order valence-electron chi connectivity index (χ3n) is 7.56. The van der Waals surface area contributed by atoms with E-state index in [0.717, 1.165) is 56.1 Å². The first-order valence-electron chi connectivity index (χ1n) is 11.4. The molecule has 0 aromatic carbocycles. The molecule has 3 fully saturated rings. The molecule has 1 amide bonds.